The fraction of sp³-hybridized carbons (Fsp3) is 0.182. The van der Waals surface area contributed by atoms with Crippen LogP contribution in [0, 0.1) is 0 Å². The Bertz CT molecular complexity index is 605. The molecule has 0 spiro atoms. The zero-order chi connectivity index (χ0) is 13.8. The average Bonchev–Trinajstić information content (AvgIpc) is 2.97. The van der Waals surface area contributed by atoms with Crippen molar-refractivity contribution < 1.29 is 19.4 Å². The number of ether oxygens (including phenoxy) is 1. The van der Waals surface area contributed by atoms with E-state index in [4.69, 9.17) is 9.84 Å². The normalized spacial score (nSPS) is 10.2. The lowest BCUT2D eigenvalue weighted by Gasteiger charge is -1.98. The predicted octanol–water partition coefficient (Wildman–Crippen LogP) is 1.29. The molecule has 0 aromatic carbocycles. The van der Waals surface area contributed by atoms with Crippen LogP contribution < -0.4 is 10.1 Å². The van der Waals surface area contributed by atoms with Crippen LogP contribution in [0.15, 0.2) is 23.8 Å². The first kappa shape index (κ1) is 13.1. The molecule has 2 aromatic rings. The number of nitrogens with one attached hydrogen (secondary N) is 1. The van der Waals surface area contributed by atoms with Crippen LogP contribution in [0.1, 0.15) is 9.67 Å². The van der Waals surface area contributed by atoms with Crippen molar-refractivity contribution in [3.63, 3.8) is 0 Å². The monoisotopic (exact) mass is 281 g/mol. The van der Waals surface area contributed by atoms with E-state index in [9.17, 15) is 9.59 Å². The van der Waals surface area contributed by atoms with Crippen molar-refractivity contribution in [2.45, 2.75) is 6.54 Å². The highest BCUT2D eigenvalue weighted by Crippen LogP contribution is 2.22. The number of carbonyl (C=O) groups is 2. The molecule has 7 nitrogen and oxygen atoms in total. The lowest BCUT2D eigenvalue weighted by Crippen LogP contribution is -2.10. The van der Waals surface area contributed by atoms with Gasteiger partial charge in [0.2, 0.25) is 0 Å². The molecule has 2 rings (SSSR count). The number of carboxylic acid groups (broad SMARTS) is 1. The summed E-state index contributed by atoms with van der Waals surface area (Å²) < 4.78 is 6.22. The molecular formula is C11H11N3O4S. The number of rotatable bonds is 5. The molecule has 2 aromatic heterocycles. The van der Waals surface area contributed by atoms with E-state index in [1.807, 2.05) is 0 Å². The number of aliphatic carboxylic acids is 1. The molecule has 0 aliphatic heterocycles. The second kappa shape index (κ2) is 5.53. The molecule has 0 radical (unpaired) electrons. The van der Waals surface area contributed by atoms with Crippen molar-refractivity contribution in [2.24, 2.45) is 0 Å². The van der Waals surface area contributed by atoms with E-state index < -0.39 is 5.97 Å². The van der Waals surface area contributed by atoms with E-state index in [1.165, 1.54) is 35.5 Å². The van der Waals surface area contributed by atoms with Crippen LogP contribution in [0.2, 0.25) is 0 Å². The summed E-state index contributed by atoms with van der Waals surface area (Å²) in [7, 11) is 1.53. The summed E-state index contributed by atoms with van der Waals surface area (Å²) in [4.78, 5) is 22.9. The third kappa shape index (κ3) is 3.32. The quantitative estimate of drug-likeness (QED) is 0.861. The van der Waals surface area contributed by atoms with Crippen molar-refractivity contribution in [1.29, 1.82) is 0 Å². The summed E-state index contributed by atoms with van der Waals surface area (Å²) in [5.74, 6) is -0.663. The van der Waals surface area contributed by atoms with Crippen molar-refractivity contribution in [3.8, 4) is 5.75 Å². The van der Waals surface area contributed by atoms with Gasteiger partial charge < -0.3 is 15.2 Å². The Labute approximate surface area is 112 Å². The smallest absolute Gasteiger partial charge is 0.325 e. The maximum absolute atomic E-state index is 11.9. The Morgan fingerprint density at radius 1 is 1.58 bits per heavy atom. The molecule has 19 heavy (non-hydrogen) atoms. The molecule has 2 heterocycles. The summed E-state index contributed by atoms with van der Waals surface area (Å²) >= 11 is 1.26. The van der Waals surface area contributed by atoms with E-state index in [0.717, 1.165) is 0 Å². The molecule has 100 valence electrons. The van der Waals surface area contributed by atoms with Gasteiger partial charge in [0.1, 0.15) is 12.3 Å². The molecule has 0 aliphatic rings. The molecular weight excluding hydrogens is 270 g/mol. The molecule has 0 unspecified atom stereocenters. The summed E-state index contributed by atoms with van der Waals surface area (Å²) in [5, 5.41) is 16.8. The largest absolute Gasteiger partial charge is 0.496 e. The SMILES string of the molecule is COc1csc(C(=O)Nc2cnn(CC(=O)O)c2)c1. The Morgan fingerprint density at radius 2 is 2.37 bits per heavy atom. The van der Waals surface area contributed by atoms with Gasteiger partial charge in [-0.05, 0) is 0 Å². The molecule has 0 aliphatic carbocycles. The maximum atomic E-state index is 11.9. The van der Waals surface area contributed by atoms with Crippen LogP contribution in [0.3, 0.4) is 0 Å². The molecule has 0 saturated carbocycles. The molecule has 0 saturated heterocycles. The third-order valence-electron chi connectivity index (χ3n) is 2.22. The number of methoxy groups -OCH3 is 1. The average molecular weight is 281 g/mol. The number of carbonyl (C=O) groups excluding carboxylic acids is 1. The zero-order valence-corrected chi connectivity index (χ0v) is 10.8. The Kier molecular flexibility index (Phi) is 3.81. The number of aromatic nitrogens is 2. The van der Waals surface area contributed by atoms with Crippen LogP contribution in [-0.2, 0) is 11.3 Å². The number of anilines is 1. The van der Waals surface area contributed by atoms with Gasteiger partial charge in [0.25, 0.3) is 5.91 Å². The third-order valence-corrected chi connectivity index (χ3v) is 3.13. The van der Waals surface area contributed by atoms with Gasteiger partial charge in [0.15, 0.2) is 0 Å². The standard InChI is InChI=1S/C11H11N3O4S/c1-18-8-2-9(19-6-8)11(17)13-7-3-12-14(4-7)5-10(15)16/h2-4,6H,5H2,1H3,(H,13,17)(H,15,16). The van der Waals surface area contributed by atoms with Gasteiger partial charge in [-0.25, -0.2) is 0 Å². The first-order valence-corrected chi connectivity index (χ1v) is 6.14. The number of amides is 1. The van der Waals surface area contributed by atoms with Crippen molar-refractivity contribution >= 4 is 28.9 Å². The number of thiophene rings is 1. The van der Waals surface area contributed by atoms with Gasteiger partial charge in [-0.1, -0.05) is 0 Å². The van der Waals surface area contributed by atoms with E-state index in [2.05, 4.69) is 10.4 Å². The fourth-order valence-corrected chi connectivity index (χ4v) is 2.14. The summed E-state index contributed by atoms with van der Waals surface area (Å²) in [6, 6.07) is 1.63. The topological polar surface area (TPSA) is 93.5 Å². The minimum absolute atomic E-state index is 0.247. The maximum Gasteiger partial charge on any atom is 0.325 e. The molecule has 0 bridgehead atoms. The van der Waals surface area contributed by atoms with E-state index >= 15 is 0 Å². The first-order chi connectivity index (χ1) is 9.08. The van der Waals surface area contributed by atoms with Crippen LogP contribution >= 0.6 is 11.3 Å². The van der Waals surface area contributed by atoms with Gasteiger partial charge in [0, 0.05) is 17.6 Å². The van der Waals surface area contributed by atoms with Crippen LogP contribution in [0.25, 0.3) is 0 Å². The second-order valence-electron chi connectivity index (χ2n) is 3.63. The van der Waals surface area contributed by atoms with Crippen LogP contribution in [0.4, 0.5) is 5.69 Å². The van der Waals surface area contributed by atoms with E-state index in [1.54, 1.807) is 11.4 Å². The zero-order valence-electron chi connectivity index (χ0n) is 9.99. The Hall–Kier alpha value is -2.35. The first-order valence-electron chi connectivity index (χ1n) is 5.26. The lowest BCUT2D eigenvalue weighted by atomic mass is 10.4. The minimum Gasteiger partial charge on any atom is -0.496 e. The number of hydrogen-bond donors (Lipinski definition) is 2. The Balaban J connectivity index is 2.02. The number of nitrogens with zero attached hydrogens (tertiary/aromatic N) is 2. The molecule has 1 amide bonds. The second-order valence-corrected chi connectivity index (χ2v) is 4.54. The van der Waals surface area contributed by atoms with Gasteiger partial charge in [0.05, 0.1) is 23.9 Å². The lowest BCUT2D eigenvalue weighted by molar-refractivity contribution is -0.137. The Morgan fingerprint density at radius 3 is 3.00 bits per heavy atom. The van der Waals surface area contributed by atoms with Crippen molar-refractivity contribution in [2.75, 3.05) is 12.4 Å². The highest BCUT2D eigenvalue weighted by atomic mass is 32.1. The van der Waals surface area contributed by atoms with Crippen molar-refractivity contribution in [1.82, 2.24) is 9.78 Å². The molecule has 0 fully saturated rings. The molecule has 0 atom stereocenters. The summed E-state index contributed by atoms with van der Waals surface area (Å²) in [5.41, 5.74) is 0.443. The number of hydrogen-bond acceptors (Lipinski definition) is 5. The van der Waals surface area contributed by atoms with Gasteiger partial charge >= 0.3 is 5.97 Å². The van der Waals surface area contributed by atoms with Gasteiger partial charge in [-0.2, -0.15) is 5.10 Å². The van der Waals surface area contributed by atoms with Gasteiger partial charge in [-0.3, -0.25) is 14.3 Å². The molecule has 2 N–H and O–H groups in total. The summed E-state index contributed by atoms with van der Waals surface area (Å²) in [6.45, 7) is -0.247. The molecule has 8 heteroatoms. The highest BCUT2D eigenvalue weighted by molar-refractivity contribution is 7.12. The number of carboxylic acids is 1. The predicted molar refractivity (Wildman–Crippen MR) is 68.7 cm³/mol. The fourth-order valence-electron chi connectivity index (χ4n) is 1.39. The van der Waals surface area contributed by atoms with Crippen molar-refractivity contribution in [3.05, 3.63) is 28.7 Å². The van der Waals surface area contributed by atoms with Crippen LogP contribution in [0.5, 0.6) is 5.75 Å². The summed E-state index contributed by atoms with van der Waals surface area (Å²) in [6.07, 6.45) is 2.85. The van der Waals surface area contributed by atoms with Crippen LogP contribution in [-0.4, -0.2) is 33.9 Å². The highest BCUT2D eigenvalue weighted by Gasteiger charge is 2.11. The van der Waals surface area contributed by atoms with Gasteiger partial charge in [-0.15, -0.1) is 11.3 Å². The van der Waals surface area contributed by atoms with E-state index in [-0.39, 0.29) is 12.5 Å². The minimum atomic E-state index is -0.996. The van der Waals surface area contributed by atoms with E-state index in [0.29, 0.717) is 16.3 Å².